The molecule has 1 aromatic rings. The number of ether oxygens (including phenoxy) is 2. The van der Waals surface area contributed by atoms with Gasteiger partial charge in [0.25, 0.3) is 0 Å². The Labute approximate surface area is 103 Å². The van der Waals surface area contributed by atoms with E-state index in [1.165, 1.54) is 4.90 Å². The second-order valence-electron chi connectivity index (χ2n) is 3.09. The first kappa shape index (κ1) is 13.0. The Morgan fingerprint density at radius 3 is 2.33 bits per heavy atom. The van der Waals surface area contributed by atoms with Crippen LogP contribution in [-0.2, 0) is 9.47 Å². The SMILES string of the molecule is COC(OC)C(C)Sc1ccccc1Br. The third-order valence-corrected chi connectivity index (χ3v) is 4.16. The molecule has 84 valence electrons. The summed E-state index contributed by atoms with van der Waals surface area (Å²) in [5.41, 5.74) is 0. The zero-order chi connectivity index (χ0) is 11.3. The molecule has 0 aliphatic carbocycles. The van der Waals surface area contributed by atoms with Crippen LogP contribution < -0.4 is 0 Å². The molecule has 0 fully saturated rings. The van der Waals surface area contributed by atoms with E-state index in [4.69, 9.17) is 9.47 Å². The van der Waals surface area contributed by atoms with Crippen molar-refractivity contribution in [3.8, 4) is 0 Å². The van der Waals surface area contributed by atoms with Gasteiger partial charge in [-0.1, -0.05) is 12.1 Å². The lowest BCUT2D eigenvalue weighted by Gasteiger charge is -2.20. The third kappa shape index (κ3) is 3.79. The quantitative estimate of drug-likeness (QED) is 0.610. The van der Waals surface area contributed by atoms with Crippen molar-refractivity contribution in [3.05, 3.63) is 28.7 Å². The Balaban J connectivity index is 2.65. The van der Waals surface area contributed by atoms with Crippen molar-refractivity contribution >= 4 is 27.7 Å². The van der Waals surface area contributed by atoms with E-state index in [2.05, 4.69) is 28.9 Å². The molecular weight excluding hydrogens is 276 g/mol. The number of rotatable bonds is 5. The van der Waals surface area contributed by atoms with Crippen molar-refractivity contribution in [2.24, 2.45) is 0 Å². The van der Waals surface area contributed by atoms with Gasteiger partial charge in [-0.05, 0) is 35.0 Å². The lowest BCUT2D eigenvalue weighted by Crippen LogP contribution is -2.24. The van der Waals surface area contributed by atoms with Crippen molar-refractivity contribution in [2.45, 2.75) is 23.4 Å². The molecule has 0 aliphatic heterocycles. The maximum Gasteiger partial charge on any atom is 0.168 e. The fourth-order valence-electron chi connectivity index (χ4n) is 1.28. The van der Waals surface area contributed by atoms with Gasteiger partial charge in [-0.15, -0.1) is 11.8 Å². The highest BCUT2D eigenvalue weighted by Crippen LogP contribution is 2.32. The summed E-state index contributed by atoms with van der Waals surface area (Å²) in [7, 11) is 3.32. The fraction of sp³-hybridized carbons (Fsp3) is 0.455. The number of halogens is 1. The Morgan fingerprint density at radius 2 is 1.80 bits per heavy atom. The maximum atomic E-state index is 5.21. The smallest absolute Gasteiger partial charge is 0.168 e. The van der Waals surface area contributed by atoms with Crippen LogP contribution in [0.5, 0.6) is 0 Å². The predicted molar refractivity (Wildman–Crippen MR) is 67.3 cm³/mol. The van der Waals surface area contributed by atoms with Gasteiger partial charge in [0.2, 0.25) is 0 Å². The Kier molecular flexibility index (Phi) is 5.68. The fourth-order valence-corrected chi connectivity index (χ4v) is 2.91. The molecule has 4 heteroatoms. The summed E-state index contributed by atoms with van der Waals surface area (Å²) in [4.78, 5) is 1.20. The summed E-state index contributed by atoms with van der Waals surface area (Å²) < 4.78 is 11.5. The number of hydrogen-bond donors (Lipinski definition) is 0. The maximum absolute atomic E-state index is 5.21. The summed E-state index contributed by atoms with van der Waals surface area (Å²) >= 11 is 5.25. The molecule has 15 heavy (non-hydrogen) atoms. The van der Waals surface area contributed by atoms with Crippen LogP contribution >= 0.6 is 27.7 Å². The molecule has 0 saturated heterocycles. The van der Waals surface area contributed by atoms with Gasteiger partial charge >= 0.3 is 0 Å². The second-order valence-corrected chi connectivity index (χ2v) is 5.37. The van der Waals surface area contributed by atoms with Crippen molar-refractivity contribution in [2.75, 3.05) is 14.2 Å². The zero-order valence-corrected chi connectivity index (χ0v) is 11.5. The molecule has 1 atom stereocenters. The molecule has 1 unspecified atom stereocenters. The minimum atomic E-state index is -0.179. The molecule has 0 spiro atoms. The molecule has 0 aromatic heterocycles. The molecule has 1 aromatic carbocycles. The molecule has 0 N–H and O–H groups in total. The summed E-state index contributed by atoms with van der Waals surface area (Å²) in [5, 5.41) is 0.249. The summed E-state index contributed by atoms with van der Waals surface area (Å²) in [5.74, 6) is 0. The van der Waals surface area contributed by atoms with Crippen LogP contribution in [0.15, 0.2) is 33.6 Å². The average Bonchev–Trinajstić information content (AvgIpc) is 2.23. The lowest BCUT2D eigenvalue weighted by molar-refractivity contribution is -0.0988. The predicted octanol–water partition coefficient (Wildman–Crippen LogP) is 3.55. The first-order chi connectivity index (χ1) is 7.19. The van der Waals surface area contributed by atoms with E-state index in [1.54, 1.807) is 26.0 Å². The van der Waals surface area contributed by atoms with E-state index in [9.17, 15) is 0 Å². The zero-order valence-electron chi connectivity index (χ0n) is 9.07. The highest BCUT2D eigenvalue weighted by Gasteiger charge is 2.17. The van der Waals surface area contributed by atoms with Crippen LogP contribution in [-0.4, -0.2) is 25.8 Å². The van der Waals surface area contributed by atoms with Crippen LogP contribution in [0.4, 0.5) is 0 Å². The number of thioether (sulfide) groups is 1. The van der Waals surface area contributed by atoms with Crippen molar-refractivity contribution in [3.63, 3.8) is 0 Å². The van der Waals surface area contributed by atoms with Crippen LogP contribution in [0, 0.1) is 0 Å². The topological polar surface area (TPSA) is 18.5 Å². The standard InChI is InChI=1S/C11H15BrO2S/c1-8(11(13-2)14-3)15-10-7-5-4-6-9(10)12/h4-8,11H,1-3H3. The van der Waals surface area contributed by atoms with E-state index < -0.39 is 0 Å². The summed E-state index contributed by atoms with van der Waals surface area (Å²) in [6, 6.07) is 8.13. The third-order valence-electron chi connectivity index (χ3n) is 2.00. The number of benzene rings is 1. The molecule has 0 bridgehead atoms. The lowest BCUT2D eigenvalue weighted by atomic mass is 10.4. The van der Waals surface area contributed by atoms with Crippen molar-refractivity contribution in [1.82, 2.24) is 0 Å². The molecule has 0 heterocycles. The Morgan fingerprint density at radius 1 is 1.20 bits per heavy atom. The number of hydrogen-bond acceptors (Lipinski definition) is 3. The normalized spacial score (nSPS) is 13.1. The average molecular weight is 291 g/mol. The van der Waals surface area contributed by atoms with E-state index in [0.717, 1.165) is 4.47 Å². The van der Waals surface area contributed by atoms with Gasteiger partial charge in [0.15, 0.2) is 6.29 Å². The van der Waals surface area contributed by atoms with Crippen molar-refractivity contribution < 1.29 is 9.47 Å². The van der Waals surface area contributed by atoms with Crippen LogP contribution in [0.1, 0.15) is 6.92 Å². The van der Waals surface area contributed by atoms with E-state index >= 15 is 0 Å². The van der Waals surface area contributed by atoms with Gasteiger partial charge < -0.3 is 9.47 Å². The largest absolute Gasteiger partial charge is 0.355 e. The summed E-state index contributed by atoms with van der Waals surface area (Å²) in [6.07, 6.45) is -0.179. The first-order valence-electron chi connectivity index (χ1n) is 4.65. The highest BCUT2D eigenvalue weighted by atomic mass is 79.9. The van der Waals surface area contributed by atoms with E-state index in [-0.39, 0.29) is 11.5 Å². The Hall–Kier alpha value is -0.0300. The minimum Gasteiger partial charge on any atom is -0.355 e. The summed E-state index contributed by atoms with van der Waals surface area (Å²) in [6.45, 7) is 2.09. The molecule has 0 saturated carbocycles. The van der Waals surface area contributed by atoms with E-state index in [0.29, 0.717) is 0 Å². The van der Waals surface area contributed by atoms with Crippen LogP contribution in [0.3, 0.4) is 0 Å². The minimum absolute atomic E-state index is 0.179. The molecule has 0 amide bonds. The second kappa shape index (κ2) is 6.53. The van der Waals surface area contributed by atoms with Crippen LogP contribution in [0.25, 0.3) is 0 Å². The number of methoxy groups -OCH3 is 2. The van der Waals surface area contributed by atoms with Gasteiger partial charge in [-0.2, -0.15) is 0 Å². The Bertz CT molecular complexity index is 302. The molecule has 1 rings (SSSR count). The van der Waals surface area contributed by atoms with Gasteiger partial charge in [-0.3, -0.25) is 0 Å². The van der Waals surface area contributed by atoms with Gasteiger partial charge in [0, 0.05) is 23.6 Å². The molecular formula is C11H15BrO2S. The van der Waals surface area contributed by atoms with Gasteiger partial charge in [-0.25, -0.2) is 0 Å². The van der Waals surface area contributed by atoms with Crippen molar-refractivity contribution in [1.29, 1.82) is 0 Å². The van der Waals surface area contributed by atoms with Gasteiger partial charge in [0.1, 0.15) is 0 Å². The van der Waals surface area contributed by atoms with E-state index in [1.807, 2.05) is 18.2 Å². The molecule has 2 nitrogen and oxygen atoms in total. The highest BCUT2D eigenvalue weighted by molar-refractivity contribution is 9.10. The first-order valence-corrected chi connectivity index (χ1v) is 6.33. The van der Waals surface area contributed by atoms with Gasteiger partial charge in [0.05, 0.1) is 5.25 Å². The van der Waals surface area contributed by atoms with Crippen LogP contribution in [0.2, 0.25) is 0 Å². The molecule has 0 radical (unpaired) electrons. The molecule has 0 aliphatic rings. The monoisotopic (exact) mass is 290 g/mol.